The Morgan fingerprint density at radius 1 is 1.05 bits per heavy atom. The third kappa shape index (κ3) is 7.00. The molecule has 41 heavy (non-hydrogen) atoms. The minimum atomic E-state index is -3.31. The van der Waals surface area contributed by atoms with Crippen molar-refractivity contribution in [3.63, 3.8) is 0 Å². The lowest BCUT2D eigenvalue weighted by atomic mass is 9.89. The number of aryl methyl sites for hydroxylation is 1. The molecule has 1 aliphatic heterocycles. The van der Waals surface area contributed by atoms with E-state index in [2.05, 4.69) is 63.1 Å². The van der Waals surface area contributed by atoms with E-state index >= 15 is 0 Å². The molecule has 8 nitrogen and oxygen atoms in total. The zero-order valence-corrected chi connectivity index (χ0v) is 25.2. The second-order valence-electron chi connectivity index (χ2n) is 11.0. The van der Waals surface area contributed by atoms with Crippen molar-refractivity contribution in [2.24, 2.45) is 0 Å². The number of morpholine rings is 1. The number of ether oxygens (including phenoxy) is 2. The number of fused-ring (bicyclic) bond motifs is 1. The average Bonchev–Trinajstić information content (AvgIpc) is 3.34. The second kappa shape index (κ2) is 13.2. The largest absolute Gasteiger partial charge is 0.495 e. The number of sulfone groups is 1. The van der Waals surface area contributed by atoms with E-state index in [0.717, 1.165) is 45.0 Å². The van der Waals surface area contributed by atoms with Crippen molar-refractivity contribution in [2.45, 2.75) is 62.6 Å². The van der Waals surface area contributed by atoms with Crippen molar-refractivity contribution in [1.82, 2.24) is 9.47 Å². The predicted octanol–water partition coefficient (Wildman–Crippen LogP) is 4.98. The number of hydrogen-bond donors (Lipinski definition) is 2. The Kier molecular flexibility index (Phi) is 9.43. The highest BCUT2D eigenvalue weighted by Gasteiger charge is 2.27. The molecule has 1 saturated carbocycles. The van der Waals surface area contributed by atoms with Crippen molar-refractivity contribution in [2.75, 3.05) is 56.8 Å². The van der Waals surface area contributed by atoms with Crippen LogP contribution in [0, 0.1) is 11.8 Å². The van der Waals surface area contributed by atoms with E-state index < -0.39 is 9.84 Å². The van der Waals surface area contributed by atoms with Crippen LogP contribution in [0.1, 0.15) is 44.7 Å². The zero-order chi connectivity index (χ0) is 28.8. The molecule has 5 rings (SSSR count). The van der Waals surface area contributed by atoms with Gasteiger partial charge in [0.2, 0.25) is 0 Å². The molecule has 1 saturated heterocycles. The molecule has 2 N–H and O–H groups in total. The third-order valence-electron chi connectivity index (χ3n) is 8.20. The summed E-state index contributed by atoms with van der Waals surface area (Å²) >= 11 is 0. The molecule has 0 amide bonds. The number of hydrogen-bond acceptors (Lipinski definition) is 7. The molecule has 2 aromatic carbocycles. The molecule has 1 aromatic heterocycles. The lowest BCUT2D eigenvalue weighted by molar-refractivity contribution is 0.00791. The molecule has 3 aromatic rings. The number of nitrogens with one attached hydrogen (secondary N) is 2. The van der Waals surface area contributed by atoms with Gasteiger partial charge >= 0.3 is 0 Å². The van der Waals surface area contributed by atoms with Crippen molar-refractivity contribution < 1.29 is 17.9 Å². The first-order valence-electron chi connectivity index (χ1n) is 14.7. The van der Waals surface area contributed by atoms with Gasteiger partial charge in [0.1, 0.15) is 5.75 Å². The maximum Gasteiger partial charge on any atom is 0.175 e. The second-order valence-corrected chi connectivity index (χ2v) is 13.0. The SMILES string of the molecule is CCCn1c(C#CCNc2ccc(S(C)(=O)=O)cc2OC)cc2c(NC3CCC(N4CCOCC4)CC3)cccc21. The lowest BCUT2D eigenvalue weighted by Crippen LogP contribution is -2.46. The van der Waals surface area contributed by atoms with Gasteiger partial charge in [-0.2, -0.15) is 0 Å². The van der Waals surface area contributed by atoms with Crippen molar-refractivity contribution in [1.29, 1.82) is 0 Å². The predicted molar refractivity (Wildman–Crippen MR) is 166 cm³/mol. The van der Waals surface area contributed by atoms with Crippen LogP contribution in [0.15, 0.2) is 47.4 Å². The minimum Gasteiger partial charge on any atom is -0.495 e. The van der Waals surface area contributed by atoms with E-state index in [1.54, 1.807) is 12.1 Å². The quantitative estimate of drug-likeness (QED) is 0.347. The number of aromatic nitrogens is 1. The van der Waals surface area contributed by atoms with Gasteiger partial charge in [-0.3, -0.25) is 4.90 Å². The van der Waals surface area contributed by atoms with Crippen LogP contribution in [0.5, 0.6) is 5.75 Å². The van der Waals surface area contributed by atoms with Crippen molar-refractivity contribution in [3.05, 3.63) is 48.2 Å². The normalized spacial score (nSPS) is 19.9. The van der Waals surface area contributed by atoms with E-state index in [1.807, 2.05) is 0 Å². The summed E-state index contributed by atoms with van der Waals surface area (Å²) < 4.78 is 37.0. The monoisotopic (exact) mass is 578 g/mol. The molecule has 0 radical (unpaired) electrons. The van der Waals surface area contributed by atoms with Crippen LogP contribution in [-0.4, -0.2) is 76.2 Å². The smallest absolute Gasteiger partial charge is 0.175 e. The van der Waals surface area contributed by atoms with Gasteiger partial charge in [0, 0.05) is 55.1 Å². The first-order chi connectivity index (χ1) is 19.9. The van der Waals surface area contributed by atoms with Crippen LogP contribution in [0.25, 0.3) is 10.9 Å². The molecular formula is C32H42N4O4S. The molecule has 1 aliphatic carbocycles. The van der Waals surface area contributed by atoms with Crippen molar-refractivity contribution >= 4 is 32.1 Å². The molecule has 0 spiro atoms. The average molecular weight is 579 g/mol. The maximum absolute atomic E-state index is 11.9. The van der Waals surface area contributed by atoms with Gasteiger partial charge in [0.15, 0.2) is 9.84 Å². The summed E-state index contributed by atoms with van der Waals surface area (Å²) in [4.78, 5) is 2.84. The summed E-state index contributed by atoms with van der Waals surface area (Å²) in [6.45, 7) is 7.35. The Balaban J connectivity index is 1.28. The van der Waals surface area contributed by atoms with Gasteiger partial charge in [-0.25, -0.2) is 8.42 Å². The van der Waals surface area contributed by atoms with Gasteiger partial charge in [-0.05, 0) is 68.4 Å². The topological polar surface area (TPSA) is 84.8 Å². The molecule has 0 bridgehead atoms. The highest BCUT2D eigenvalue weighted by molar-refractivity contribution is 7.90. The highest BCUT2D eigenvalue weighted by atomic mass is 32.2. The first kappa shape index (κ1) is 29.3. The molecule has 220 valence electrons. The summed E-state index contributed by atoms with van der Waals surface area (Å²) in [7, 11) is -1.78. The first-order valence-corrected chi connectivity index (χ1v) is 16.6. The van der Waals surface area contributed by atoms with Gasteiger partial charge in [0.25, 0.3) is 0 Å². The van der Waals surface area contributed by atoms with Crippen LogP contribution < -0.4 is 15.4 Å². The Morgan fingerprint density at radius 3 is 2.54 bits per heavy atom. The van der Waals surface area contributed by atoms with Crippen LogP contribution in [0.3, 0.4) is 0 Å². The van der Waals surface area contributed by atoms with E-state index in [0.29, 0.717) is 30.1 Å². The van der Waals surface area contributed by atoms with Gasteiger partial charge in [-0.1, -0.05) is 18.9 Å². The number of rotatable bonds is 9. The van der Waals surface area contributed by atoms with Gasteiger partial charge in [-0.15, -0.1) is 0 Å². The van der Waals surface area contributed by atoms with E-state index in [1.165, 1.54) is 61.7 Å². The summed E-state index contributed by atoms with van der Waals surface area (Å²) in [5, 5.41) is 8.35. The molecule has 2 aliphatic rings. The molecule has 0 atom stereocenters. The van der Waals surface area contributed by atoms with E-state index in [-0.39, 0.29) is 4.90 Å². The molecule has 0 unspecified atom stereocenters. The molecule has 9 heteroatoms. The fourth-order valence-electron chi connectivity index (χ4n) is 6.05. The Morgan fingerprint density at radius 2 is 1.83 bits per heavy atom. The Hall–Kier alpha value is -3.19. The summed E-state index contributed by atoms with van der Waals surface area (Å²) in [6.07, 6.45) is 7.03. The third-order valence-corrected chi connectivity index (χ3v) is 9.31. The number of benzene rings is 2. The van der Waals surface area contributed by atoms with Crippen LogP contribution in [-0.2, 0) is 21.1 Å². The standard InChI is InChI=1S/C32H42N4O4S/c1-4-17-36-26(7-6-16-33-30-15-14-27(41(3,37)38)23-32(30)39-2)22-28-29(8-5-9-31(28)36)34-24-10-12-25(13-11-24)35-18-20-40-21-19-35/h5,8-9,14-15,22-25,33-34H,4,10-13,16-21H2,1-3H3. The van der Waals surface area contributed by atoms with Crippen molar-refractivity contribution in [3.8, 4) is 17.6 Å². The van der Waals surface area contributed by atoms with Crippen LogP contribution in [0.2, 0.25) is 0 Å². The highest BCUT2D eigenvalue weighted by Crippen LogP contribution is 2.32. The van der Waals surface area contributed by atoms with Gasteiger partial charge < -0.3 is 24.7 Å². The molecule has 2 fully saturated rings. The van der Waals surface area contributed by atoms with Crippen LogP contribution >= 0.6 is 0 Å². The molecular weight excluding hydrogens is 536 g/mol. The Bertz CT molecular complexity index is 1510. The number of nitrogens with zero attached hydrogens (tertiary/aromatic N) is 2. The molecule has 2 heterocycles. The minimum absolute atomic E-state index is 0.227. The fourth-order valence-corrected chi connectivity index (χ4v) is 6.69. The van der Waals surface area contributed by atoms with Gasteiger partial charge in [0.05, 0.1) is 48.7 Å². The van der Waals surface area contributed by atoms with E-state index in [4.69, 9.17) is 9.47 Å². The summed E-state index contributed by atoms with van der Waals surface area (Å²) in [5.41, 5.74) is 4.09. The zero-order valence-electron chi connectivity index (χ0n) is 24.4. The summed E-state index contributed by atoms with van der Waals surface area (Å²) in [6, 6.07) is 14.7. The fraction of sp³-hybridized carbons (Fsp3) is 0.500. The lowest BCUT2D eigenvalue weighted by Gasteiger charge is -2.39. The number of methoxy groups -OCH3 is 1. The van der Waals surface area contributed by atoms with Crippen LogP contribution in [0.4, 0.5) is 11.4 Å². The number of anilines is 2. The maximum atomic E-state index is 11.9. The summed E-state index contributed by atoms with van der Waals surface area (Å²) in [5.74, 6) is 7.10. The van der Waals surface area contributed by atoms with E-state index in [9.17, 15) is 8.42 Å². The Labute approximate surface area is 244 Å².